The number of primary amides is 1. The summed E-state index contributed by atoms with van der Waals surface area (Å²) in [7, 11) is 0. The molecular formula is C16H13IN2O2. The van der Waals surface area contributed by atoms with Gasteiger partial charge in [-0.1, -0.05) is 30.3 Å². The van der Waals surface area contributed by atoms with Crippen molar-refractivity contribution in [3.05, 3.63) is 63.2 Å². The van der Waals surface area contributed by atoms with E-state index in [0.29, 0.717) is 12.0 Å². The van der Waals surface area contributed by atoms with Crippen molar-refractivity contribution in [1.29, 1.82) is 0 Å². The summed E-state index contributed by atoms with van der Waals surface area (Å²) in [5.41, 5.74) is 7.81. The second-order valence-electron chi connectivity index (χ2n) is 4.91. The summed E-state index contributed by atoms with van der Waals surface area (Å²) in [6.07, 6.45) is 0.473. The Morgan fingerprint density at radius 2 is 1.76 bits per heavy atom. The van der Waals surface area contributed by atoms with E-state index < -0.39 is 11.9 Å². The highest BCUT2D eigenvalue weighted by molar-refractivity contribution is 14.1. The van der Waals surface area contributed by atoms with Crippen LogP contribution in [0.1, 0.15) is 15.9 Å². The number of hydrogen-bond acceptors (Lipinski definition) is 2. The molecule has 2 N–H and O–H groups in total. The van der Waals surface area contributed by atoms with Crippen LogP contribution >= 0.6 is 22.6 Å². The molecule has 21 heavy (non-hydrogen) atoms. The Bertz CT molecular complexity index is 730. The van der Waals surface area contributed by atoms with E-state index in [9.17, 15) is 9.59 Å². The number of anilines is 1. The van der Waals surface area contributed by atoms with E-state index in [-0.39, 0.29) is 5.91 Å². The van der Waals surface area contributed by atoms with Crippen molar-refractivity contribution in [2.45, 2.75) is 12.5 Å². The van der Waals surface area contributed by atoms with Gasteiger partial charge in [0.2, 0.25) is 5.91 Å². The van der Waals surface area contributed by atoms with Crippen LogP contribution in [-0.2, 0) is 11.2 Å². The van der Waals surface area contributed by atoms with E-state index in [1.54, 1.807) is 6.07 Å². The number of para-hydroxylation sites is 1. The molecular weight excluding hydrogens is 379 g/mol. The number of carbonyl (C=O) groups is 2. The summed E-state index contributed by atoms with van der Waals surface area (Å²) in [6, 6.07) is 14.2. The number of nitrogens with two attached hydrogens (primary N) is 1. The number of rotatable bonds is 2. The number of fused-ring (bicyclic) bond motifs is 1. The van der Waals surface area contributed by atoms with Gasteiger partial charge in [-0.05, 0) is 46.4 Å². The molecule has 0 aromatic heterocycles. The van der Waals surface area contributed by atoms with Crippen molar-refractivity contribution < 1.29 is 9.59 Å². The molecule has 0 fully saturated rings. The van der Waals surface area contributed by atoms with Gasteiger partial charge in [0.25, 0.3) is 5.91 Å². The van der Waals surface area contributed by atoms with Gasteiger partial charge in [-0.15, -0.1) is 0 Å². The first-order valence-corrected chi connectivity index (χ1v) is 7.63. The van der Waals surface area contributed by atoms with Gasteiger partial charge in [0.1, 0.15) is 6.04 Å². The van der Waals surface area contributed by atoms with E-state index in [2.05, 4.69) is 22.6 Å². The van der Waals surface area contributed by atoms with Gasteiger partial charge in [0, 0.05) is 15.7 Å². The van der Waals surface area contributed by atoms with Gasteiger partial charge >= 0.3 is 0 Å². The molecule has 0 spiro atoms. The normalized spacial score (nSPS) is 16.6. The molecule has 1 unspecified atom stereocenters. The fraction of sp³-hybridized carbons (Fsp3) is 0.125. The molecule has 2 aromatic carbocycles. The lowest BCUT2D eigenvalue weighted by Crippen LogP contribution is -2.46. The Kier molecular flexibility index (Phi) is 3.67. The van der Waals surface area contributed by atoms with Crippen LogP contribution in [0.3, 0.4) is 0 Å². The predicted octanol–water partition coefficient (Wildman–Crippen LogP) is 2.35. The van der Waals surface area contributed by atoms with Crippen LogP contribution < -0.4 is 10.6 Å². The third-order valence-electron chi connectivity index (χ3n) is 3.63. The average Bonchev–Trinajstić information content (AvgIpc) is 2.86. The summed E-state index contributed by atoms with van der Waals surface area (Å²) in [5.74, 6) is -0.667. The largest absolute Gasteiger partial charge is 0.368 e. The molecule has 1 atom stereocenters. The average molecular weight is 392 g/mol. The molecule has 106 valence electrons. The van der Waals surface area contributed by atoms with E-state index in [1.807, 2.05) is 42.5 Å². The Morgan fingerprint density at radius 1 is 1.10 bits per heavy atom. The van der Waals surface area contributed by atoms with Crippen LogP contribution in [0, 0.1) is 3.57 Å². The van der Waals surface area contributed by atoms with Crippen LogP contribution in [0.25, 0.3) is 0 Å². The summed E-state index contributed by atoms with van der Waals surface area (Å²) >= 11 is 2.12. The SMILES string of the molecule is NC(=O)C1Cc2ccccc2N1C(=O)c1ccccc1I. The van der Waals surface area contributed by atoms with E-state index in [0.717, 1.165) is 14.8 Å². The quantitative estimate of drug-likeness (QED) is 0.798. The third-order valence-corrected chi connectivity index (χ3v) is 4.57. The molecule has 4 nitrogen and oxygen atoms in total. The van der Waals surface area contributed by atoms with Crippen LogP contribution in [0.15, 0.2) is 48.5 Å². The van der Waals surface area contributed by atoms with E-state index >= 15 is 0 Å². The zero-order valence-electron chi connectivity index (χ0n) is 11.1. The maximum Gasteiger partial charge on any atom is 0.260 e. The van der Waals surface area contributed by atoms with Crippen LogP contribution in [-0.4, -0.2) is 17.9 Å². The fourth-order valence-corrected chi connectivity index (χ4v) is 3.25. The number of amides is 2. The minimum Gasteiger partial charge on any atom is -0.368 e. The van der Waals surface area contributed by atoms with Gasteiger partial charge in [0.05, 0.1) is 5.56 Å². The summed E-state index contributed by atoms with van der Waals surface area (Å²) in [5, 5.41) is 0. The van der Waals surface area contributed by atoms with Crippen molar-refractivity contribution in [3.8, 4) is 0 Å². The number of halogens is 1. The van der Waals surface area contributed by atoms with Crippen molar-refractivity contribution in [2.75, 3.05) is 4.90 Å². The van der Waals surface area contributed by atoms with Gasteiger partial charge < -0.3 is 5.73 Å². The first-order chi connectivity index (χ1) is 10.1. The minimum absolute atomic E-state index is 0.186. The molecule has 1 aliphatic rings. The molecule has 3 rings (SSSR count). The topological polar surface area (TPSA) is 63.4 Å². The highest BCUT2D eigenvalue weighted by Gasteiger charge is 2.37. The third kappa shape index (κ3) is 2.42. The molecule has 0 bridgehead atoms. The van der Waals surface area contributed by atoms with E-state index in [1.165, 1.54) is 4.90 Å². The zero-order valence-corrected chi connectivity index (χ0v) is 13.3. The molecule has 2 aromatic rings. The highest BCUT2D eigenvalue weighted by Crippen LogP contribution is 2.33. The number of nitrogens with zero attached hydrogens (tertiary/aromatic N) is 1. The minimum atomic E-state index is -0.620. The van der Waals surface area contributed by atoms with E-state index in [4.69, 9.17) is 5.73 Å². The van der Waals surface area contributed by atoms with Crippen molar-refractivity contribution >= 4 is 40.1 Å². The predicted molar refractivity (Wildman–Crippen MR) is 89.1 cm³/mol. The van der Waals surface area contributed by atoms with Gasteiger partial charge in [-0.3, -0.25) is 14.5 Å². The molecule has 0 saturated heterocycles. The standard InChI is InChI=1S/C16H13IN2O2/c17-12-7-3-2-6-11(12)16(21)19-13-8-4-1-5-10(13)9-14(19)15(18)20/h1-8,14H,9H2,(H2,18,20). The number of benzene rings is 2. The Labute approximate surface area is 136 Å². The summed E-state index contributed by atoms with van der Waals surface area (Å²) in [6.45, 7) is 0. The summed E-state index contributed by atoms with van der Waals surface area (Å²) in [4.78, 5) is 26.1. The van der Waals surface area contributed by atoms with Gasteiger partial charge in [-0.25, -0.2) is 0 Å². The molecule has 5 heteroatoms. The Balaban J connectivity index is 2.08. The lowest BCUT2D eigenvalue weighted by atomic mass is 10.1. The number of carbonyl (C=O) groups excluding carboxylic acids is 2. The van der Waals surface area contributed by atoms with Gasteiger partial charge in [0.15, 0.2) is 0 Å². The smallest absolute Gasteiger partial charge is 0.260 e. The maximum absolute atomic E-state index is 12.9. The fourth-order valence-electron chi connectivity index (χ4n) is 2.63. The second-order valence-corrected chi connectivity index (χ2v) is 6.07. The lowest BCUT2D eigenvalue weighted by molar-refractivity contribution is -0.119. The van der Waals surface area contributed by atoms with Crippen LogP contribution in [0.4, 0.5) is 5.69 Å². The summed E-state index contributed by atoms with van der Waals surface area (Å²) < 4.78 is 0.854. The Hall–Kier alpha value is -1.89. The first kappa shape index (κ1) is 14.1. The monoisotopic (exact) mass is 392 g/mol. The van der Waals surface area contributed by atoms with Crippen LogP contribution in [0.5, 0.6) is 0 Å². The first-order valence-electron chi connectivity index (χ1n) is 6.55. The Morgan fingerprint density at radius 3 is 2.48 bits per heavy atom. The van der Waals surface area contributed by atoms with Gasteiger partial charge in [-0.2, -0.15) is 0 Å². The second kappa shape index (κ2) is 5.48. The molecule has 0 saturated carbocycles. The van der Waals surface area contributed by atoms with Crippen LogP contribution in [0.2, 0.25) is 0 Å². The molecule has 1 heterocycles. The lowest BCUT2D eigenvalue weighted by Gasteiger charge is -2.23. The maximum atomic E-state index is 12.9. The molecule has 1 aliphatic heterocycles. The molecule has 2 amide bonds. The molecule has 0 radical (unpaired) electrons. The van der Waals surface area contributed by atoms with Crippen molar-refractivity contribution in [3.63, 3.8) is 0 Å². The zero-order chi connectivity index (χ0) is 15.0. The van der Waals surface area contributed by atoms with Crippen molar-refractivity contribution in [2.24, 2.45) is 5.73 Å². The highest BCUT2D eigenvalue weighted by atomic mass is 127. The van der Waals surface area contributed by atoms with Crippen molar-refractivity contribution in [1.82, 2.24) is 0 Å². The molecule has 0 aliphatic carbocycles. The number of hydrogen-bond donors (Lipinski definition) is 1.